The fraction of sp³-hybridized carbons (Fsp3) is 0.350. The van der Waals surface area contributed by atoms with Gasteiger partial charge in [-0.3, -0.25) is 4.79 Å². The summed E-state index contributed by atoms with van der Waals surface area (Å²) in [6.07, 6.45) is 1.58. The first-order valence-electron chi connectivity index (χ1n) is 8.76. The number of anilines is 1. The zero-order valence-corrected chi connectivity index (χ0v) is 16.5. The minimum absolute atomic E-state index is 0.202. The highest BCUT2D eigenvalue weighted by molar-refractivity contribution is 7.89. The SMILES string of the molecule is CCc1cccc(CC)c1NC(=O)CNS(=O)(=O)c1cc(C)ccc1C. The summed E-state index contributed by atoms with van der Waals surface area (Å²) in [4.78, 5) is 12.5. The van der Waals surface area contributed by atoms with Gasteiger partial charge in [0.1, 0.15) is 0 Å². The van der Waals surface area contributed by atoms with Gasteiger partial charge in [0.15, 0.2) is 0 Å². The number of hydrogen-bond donors (Lipinski definition) is 2. The topological polar surface area (TPSA) is 75.3 Å². The minimum atomic E-state index is -3.74. The maximum Gasteiger partial charge on any atom is 0.241 e. The molecule has 0 aliphatic heterocycles. The van der Waals surface area contributed by atoms with Gasteiger partial charge in [-0.15, -0.1) is 0 Å². The molecule has 140 valence electrons. The molecular weight excluding hydrogens is 348 g/mol. The van der Waals surface area contributed by atoms with Crippen molar-refractivity contribution >= 4 is 21.6 Å². The molecule has 0 atom stereocenters. The van der Waals surface area contributed by atoms with E-state index < -0.39 is 10.0 Å². The molecule has 0 unspecified atom stereocenters. The zero-order chi connectivity index (χ0) is 19.3. The molecule has 0 fully saturated rings. The van der Waals surface area contributed by atoms with E-state index in [4.69, 9.17) is 0 Å². The lowest BCUT2D eigenvalue weighted by atomic mass is 10.0. The first-order chi connectivity index (χ1) is 12.3. The summed E-state index contributed by atoms with van der Waals surface area (Å²) in [6.45, 7) is 7.30. The van der Waals surface area contributed by atoms with Crippen LogP contribution in [-0.4, -0.2) is 20.9 Å². The van der Waals surface area contributed by atoms with Crippen LogP contribution in [0.15, 0.2) is 41.3 Å². The van der Waals surface area contributed by atoms with Crippen molar-refractivity contribution in [3.05, 3.63) is 58.7 Å². The molecule has 2 aromatic carbocycles. The van der Waals surface area contributed by atoms with Crippen molar-refractivity contribution in [2.75, 3.05) is 11.9 Å². The normalized spacial score (nSPS) is 11.4. The summed E-state index contributed by atoms with van der Waals surface area (Å²) in [7, 11) is -3.74. The molecule has 6 heteroatoms. The van der Waals surface area contributed by atoms with Gasteiger partial charge >= 0.3 is 0 Å². The summed E-state index contributed by atoms with van der Waals surface area (Å²) in [6, 6.07) is 11.1. The summed E-state index contributed by atoms with van der Waals surface area (Å²) in [5, 5.41) is 2.87. The van der Waals surface area contributed by atoms with Gasteiger partial charge < -0.3 is 5.32 Å². The van der Waals surface area contributed by atoms with Crippen LogP contribution in [0.4, 0.5) is 5.69 Å². The molecule has 1 amide bonds. The Morgan fingerprint density at radius 1 is 1.00 bits per heavy atom. The smallest absolute Gasteiger partial charge is 0.241 e. The van der Waals surface area contributed by atoms with Gasteiger partial charge in [-0.25, -0.2) is 13.1 Å². The van der Waals surface area contributed by atoms with E-state index in [2.05, 4.69) is 10.0 Å². The number of hydrogen-bond acceptors (Lipinski definition) is 3. The molecule has 26 heavy (non-hydrogen) atoms. The van der Waals surface area contributed by atoms with Gasteiger partial charge in [-0.2, -0.15) is 0 Å². The minimum Gasteiger partial charge on any atom is -0.324 e. The predicted molar refractivity (Wildman–Crippen MR) is 105 cm³/mol. The van der Waals surface area contributed by atoms with Crippen molar-refractivity contribution in [3.8, 4) is 0 Å². The van der Waals surface area contributed by atoms with E-state index in [1.165, 1.54) is 0 Å². The first-order valence-corrected chi connectivity index (χ1v) is 10.2. The lowest BCUT2D eigenvalue weighted by molar-refractivity contribution is -0.115. The van der Waals surface area contributed by atoms with Crippen LogP contribution in [0, 0.1) is 13.8 Å². The van der Waals surface area contributed by atoms with Crippen molar-refractivity contribution in [1.29, 1.82) is 0 Å². The molecule has 2 N–H and O–H groups in total. The number of aryl methyl sites for hydroxylation is 4. The van der Waals surface area contributed by atoms with Crippen LogP contribution in [0.3, 0.4) is 0 Å². The number of carbonyl (C=O) groups is 1. The molecule has 0 aliphatic carbocycles. The Morgan fingerprint density at radius 2 is 1.62 bits per heavy atom. The van der Waals surface area contributed by atoms with Crippen LogP contribution in [0.5, 0.6) is 0 Å². The molecule has 0 spiro atoms. The Balaban J connectivity index is 2.13. The third-order valence-corrected chi connectivity index (χ3v) is 5.86. The van der Waals surface area contributed by atoms with Crippen LogP contribution in [0.25, 0.3) is 0 Å². The molecule has 0 bridgehead atoms. The number of nitrogens with one attached hydrogen (secondary N) is 2. The Hall–Kier alpha value is -2.18. The van der Waals surface area contributed by atoms with Gasteiger partial charge in [0, 0.05) is 5.69 Å². The van der Waals surface area contributed by atoms with E-state index in [1.54, 1.807) is 19.1 Å². The highest BCUT2D eigenvalue weighted by atomic mass is 32.2. The predicted octanol–water partition coefficient (Wildman–Crippen LogP) is 3.35. The lowest BCUT2D eigenvalue weighted by Gasteiger charge is -2.15. The monoisotopic (exact) mass is 374 g/mol. The highest BCUT2D eigenvalue weighted by Crippen LogP contribution is 2.22. The summed E-state index contributed by atoms with van der Waals surface area (Å²) >= 11 is 0. The summed E-state index contributed by atoms with van der Waals surface area (Å²) in [5.41, 5.74) is 4.36. The molecule has 0 saturated carbocycles. The van der Waals surface area contributed by atoms with Crippen molar-refractivity contribution in [2.45, 2.75) is 45.4 Å². The van der Waals surface area contributed by atoms with Crippen molar-refractivity contribution in [1.82, 2.24) is 4.72 Å². The average Bonchev–Trinajstić information content (AvgIpc) is 2.62. The fourth-order valence-electron chi connectivity index (χ4n) is 2.82. The summed E-state index contributed by atoms with van der Waals surface area (Å²) in [5.74, 6) is -0.380. The van der Waals surface area contributed by atoms with Crippen LogP contribution < -0.4 is 10.0 Å². The number of amides is 1. The third kappa shape index (κ3) is 4.71. The van der Waals surface area contributed by atoms with E-state index in [-0.39, 0.29) is 17.3 Å². The Morgan fingerprint density at radius 3 is 2.19 bits per heavy atom. The molecule has 0 aromatic heterocycles. The molecule has 0 aliphatic rings. The number of benzene rings is 2. The number of para-hydroxylation sites is 1. The van der Waals surface area contributed by atoms with Crippen molar-refractivity contribution < 1.29 is 13.2 Å². The molecule has 0 heterocycles. The van der Waals surface area contributed by atoms with Crippen LogP contribution in [0.2, 0.25) is 0 Å². The first kappa shape index (κ1) is 20.1. The van der Waals surface area contributed by atoms with Gasteiger partial charge in [0.05, 0.1) is 11.4 Å². The third-order valence-electron chi connectivity index (χ3n) is 4.32. The fourth-order valence-corrected chi connectivity index (χ4v) is 4.13. The molecule has 2 aromatic rings. The van der Waals surface area contributed by atoms with Crippen molar-refractivity contribution in [2.24, 2.45) is 0 Å². The largest absolute Gasteiger partial charge is 0.324 e. The molecule has 5 nitrogen and oxygen atoms in total. The second-order valence-electron chi connectivity index (χ2n) is 6.30. The van der Waals surface area contributed by atoms with E-state index in [9.17, 15) is 13.2 Å². The highest BCUT2D eigenvalue weighted by Gasteiger charge is 2.19. The zero-order valence-electron chi connectivity index (χ0n) is 15.7. The maximum atomic E-state index is 12.5. The maximum absolute atomic E-state index is 12.5. The van der Waals surface area contributed by atoms with Crippen LogP contribution >= 0.6 is 0 Å². The van der Waals surface area contributed by atoms with E-state index >= 15 is 0 Å². The standard InChI is InChI=1S/C20H26N2O3S/c1-5-16-8-7-9-17(6-2)20(16)22-19(23)13-21-26(24,25)18-12-14(3)10-11-15(18)4/h7-12,21H,5-6,13H2,1-4H3,(H,22,23). The van der Waals surface area contributed by atoms with E-state index in [1.807, 2.05) is 45.0 Å². The van der Waals surface area contributed by atoms with Gasteiger partial charge in [0.25, 0.3) is 0 Å². The van der Waals surface area contributed by atoms with Crippen LogP contribution in [-0.2, 0) is 27.7 Å². The van der Waals surface area contributed by atoms with Gasteiger partial charge in [-0.05, 0) is 55.0 Å². The molecule has 2 rings (SSSR count). The Labute approximate surface area is 155 Å². The lowest BCUT2D eigenvalue weighted by Crippen LogP contribution is -2.33. The Bertz CT molecular complexity index is 883. The number of rotatable bonds is 7. The van der Waals surface area contributed by atoms with E-state index in [0.29, 0.717) is 5.56 Å². The van der Waals surface area contributed by atoms with E-state index in [0.717, 1.165) is 35.2 Å². The van der Waals surface area contributed by atoms with Gasteiger partial charge in [0.2, 0.25) is 15.9 Å². The summed E-state index contributed by atoms with van der Waals surface area (Å²) < 4.78 is 27.4. The molecule has 0 radical (unpaired) electrons. The number of carbonyl (C=O) groups excluding carboxylic acids is 1. The molecule has 0 saturated heterocycles. The average molecular weight is 375 g/mol. The quantitative estimate of drug-likeness (QED) is 0.780. The van der Waals surface area contributed by atoms with Crippen LogP contribution in [0.1, 0.15) is 36.1 Å². The van der Waals surface area contributed by atoms with Crippen molar-refractivity contribution in [3.63, 3.8) is 0 Å². The molecular formula is C20H26N2O3S. The number of sulfonamides is 1. The second-order valence-corrected chi connectivity index (χ2v) is 8.04. The second kappa shape index (κ2) is 8.47. The Kier molecular flexibility index (Phi) is 6.56. The van der Waals surface area contributed by atoms with Gasteiger partial charge in [-0.1, -0.05) is 44.2 Å².